The molecule has 0 radical (unpaired) electrons. The van der Waals surface area contributed by atoms with Gasteiger partial charge in [-0.1, -0.05) is 0 Å². The Labute approximate surface area is 76.5 Å². The van der Waals surface area contributed by atoms with Crippen LogP contribution >= 0.6 is 0 Å². The fraction of sp³-hybridized carbons (Fsp3) is 0.833. The lowest BCUT2D eigenvalue weighted by molar-refractivity contribution is -0.276. The predicted octanol–water partition coefficient (Wildman–Crippen LogP) is 2.28. The number of hydrogen-bond acceptors (Lipinski definition) is 3. The Bertz CT molecular complexity index is 297. The summed E-state index contributed by atoms with van der Waals surface area (Å²) in [6.45, 7) is 0. The van der Waals surface area contributed by atoms with E-state index in [2.05, 4.69) is 14.8 Å². The van der Waals surface area contributed by atoms with Gasteiger partial charge in [0.05, 0.1) is 0 Å². The first kappa shape index (κ1) is 10.6. The van der Waals surface area contributed by atoms with Crippen LogP contribution in [-0.2, 0) is 9.53 Å². The van der Waals surface area contributed by atoms with Crippen LogP contribution in [-0.4, -0.2) is 17.9 Å². The Morgan fingerprint density at radius 3 is 2.64 bits per heavy atom. The van der Waals surface area contributed by atoms with Gasteiger partial charge < -0.3 is 4.74 Å². The average molecular weight is 209 g/mol. The zero-order chi connectivity index (χ0) is 10.8. The maximum Gasteiger partial charge on any atom is 0.434 e. The molecule has 1 aliphatic heterocycles. The first-order valence-corrected chi connectivity index (χ1v) is 3.76. The second kappa shape index (κ2) is 3.38. The van der Waals surface area contributed by atoms with Gasteiger partial charge in [0.25, 0.3) is 5.72 Å². The van der Waals surface area contributed by atoms with E-state index in [1.165, 1.54) is 0 Å². The smallest absolute Gasteiger partial charge is 0.434 e. The predicted molar refractivity (Wildman–Crippen MR) is 37.9 cm³/mol. The Morgan fingerprint density at radius 1 is 1.57 bits per heavy atom. The maximum atomic E-state index is 12.4. The van der Waals surface area contributed by atoms with E-state index in [9.17, 15) is 18.0 Å². The quantitative estimate of drug-likeness (QED) is 0.287. The van der Waals surface area contributed by atoms with Crippen LogP contribution < -0.4 is 0 Å². The van der Waals surface area contributed by atoms with Gasteiger partial charge in [0.15, 0.2) is 0 Å². The summed E-state index contributed by atoms with van der Waals surface area (Å²) in [5.74, 6) is -0.999. The van der Waals surface area contributed by atoms with E-state index in [0.717, 1.165) is 0 Å². The summed E-state index contributed by atoms with van der Waals surface area (Å²) in [6.07, 6.45) is -5.47. The van der Waals surface area contributed by atoms with Crippen LogP contribution in [0.5, 0.6) is 0 Å². The molecule has 1 aliphatic rings. The van der Waals surface area contributed by atoms with Gasteiger partial charge in [0, 0.05) is 17.8 Å². The van der Waals surface area contributed by atoms with Gasteiger partial charge in [0.1, 0.15) is 0 Å². The fourth-order valence-electron chi connectivity index (χ4n) is 1.16. The van der Waals surface area contributed by atoms with Gasteiger partial charge in [-0.05, 0) is 17.1 Å². The van der Waals surface area contributed by atoms with E-state index >= 15 is 0 Å². The van der Waals surface area contributed by atoms with Crippen LogP contribution in [0.1, 0.15) is 19.3 Å². The van der Waals surface area contributed by atoms with E-state index in [1.807, 2.05) is 0 Å². The lowest BCUT2D eigenvalue weighted by Gasteiger charge is -2.33. The number of azide groups is 1. The molecule has 1 heterocycles. The number of ether oxygens (including phenoxy) is 1. The minimum absolute atomic E-state index is 0.00262. The standard InChI is InChI=1S/C6H6F3N3O2/c7-6(8,9)5(11-12-10)3-1-2-4(13)14-5/h1-3H2. The lowest BCUT2D eigenvalue weighted by atomic mass is 10.0. The maximum absolute atomic E-state index is 12.4. The molecular formula is C6H6F3N3O2. The van der Waals surface area contributed by atoms with E-state index in [1.54, 1.807) is 0 Å². The van der Waals surface area contributed by atoms with Crippen molar-refractivity contribution in [2.45, 2.75) is 31.2 Å². The number of nitrogens with zero attached hydrogens (tertiary/aromatic N) is 3. The molecule has 5 nitrogen and oxygen atoms in total. The summed E-state index contributed by atoms with van der Waals surface area (Å²) in [7, 11) is 0. The topological polar surface area (TPSA) is 75.1 Å². The van der Waals surface area contributed by atoms with Crippen molar-refractivity contribution in [3.63, 3.8) is 0 Å². The van der Waals surface area contributed by atoms with Gasteiger partial charge in [-0.2, -0.15) is 13.2 Å². The number of esters is 1. The van der Waals surface area contributed by atoms with Crippen molar-refractivity contribution in [1.82, 2.24) is 0 Å². The highest BCUT2D eigenvalue weighted by Crippen LogP contribution is 2.41. The van der Waals surface area contributed by atoms with Crippen molar-refractivity contribution in [2.75, 3.05) is 0 Å². The molecule has 0 bridgehead atoms. The van der Waals surface area contributed by atoms with E-state index in [-0.39, 0.29) is 12.8 Å². The summed E-state index contributed by atoms with van der Waals surface area (Å²) in [5, 5.41) is 2.55. The number of halogens is 3. The number of carbonyl (C=O) groups is 1. The Balaban J connectivity index is 3.03. The summed E-state index contributed by atoms with van der Waals surface area (Å²) < 4.78 is 41.3. The molecule has 0 aromatic heterocycles. The lowest BCUT2D eigenvalue weighted by Crippen LogP contribution is -2.49. The molecule has 0 aromatic rings. The second-order valence-electron chi connectivity index (χ2n) is 2.80. The third kappa shape index (κ3) is 1.74. The molecule has 1 unspecified atom stereocenters. The molecule has 0 amide bonds. The Morgan fingerprint density at radius 2 is 2.21 bits per heavy atom. The summed E-state index contributed by atoms with van der Waals surface area (Å²) in [6, 6.07) is 0. The van der Waals surface area contributed by atoms with Gasteiger partial charge in [-0.3, -0.25) is 4.79 Å². The van der Waals surface area contributed by atoms with Crippen molar-refractivity contribution >= 4 is 5.97 Å². The number of hydrogen-bond donors (Lipinski definition) is 0. The Hall–Kier alpha value is -1.43. The zero-order valence-corrected chi connectivity index (χ0v) is 6.91. The van der Waals surface area contributed by atoms with Gasteiger partial charge in [0.2, 0.25) is 0 Å². The number of cyclic esters (lactones) is 1. The Kier molecular flexibility index (Phi) is 2.57. The third-order valence-electron chi connectivity index (χ3n) is 1.83. The monoisotopic (exact) mass is 209 g/mol. The molecular weight excluding hydrogens is 203 g/mol. The normalized spacial score (nSPS) is 27.8. The first-order valence-electron chi connectivity index (χ1n) is 3.76. The molecule has 1 rings (SSSR count). The molecule has 78 valence electrons. The fourth-order valence-corrected chi connectivity index (χ4v) is 1.16. The van der Waals surface area contributed by atoms with Crippen LogP contribution in [0.25, 0.3) is 10.4 Å². The van der Waals surface area contributed by atoms with Gasteiger partial charge in [-0.25, -0.2) is 0 Å². The molecule has 0 aliphatic carbocycles. The molecule has 1 saturated heterocycles. The average Bonchev–Trinajstić information content (AvgIpc) is 2.02. The van der Waals surface area contributed by atoms with Crippen molar-refractivity contribution in [1.29, 1.82) is 0 Å². The summed E-state index contributed by atoms with van der Waals surface area (Å²) >= 11 is 0. The van der Waals surface area contributed by atoms with Crippen LogP contribution in [0.2, 0.25) is 0 Å². The molecule has 1 atom stereocenters. The molecule has 8 heteroatoms. The SMILES string of the molecule is [N-]=[N+]=NC1(C(F)(F)F)CCCC(=O)O1. The largest absolute Gasteiger partial charge is 0.443 e. The zero-order valence-electron chi connectivity index (χ0n) is 6.91. The van der Waals surface area contributed by atoms with E-state index in [0.29, 0.717) is 0 Å². The highest BCUT2D eigenvalue weighted by molar-refractivity contribution is 5.70. The summed E-state index contributed by atoms with van der Waals surface area (Å²) in [5.41, 5.74) is 5.00. The van der Waals surface area contributed by atoms with Crippen molar-refractivity contribution in [3.8, 4) is 0 Å². The highest BCUT2D eigenvalue weighted by Gasteiger charge is 2.59. The molecule has 0 saturated carbocycles. The summed E-state index contributed by atoms with van der Waals surface area (Å²) in [4.78, 5) is 12.8. The minimum atomic E-state index is -4.87. The van der Waals surface area contributed by atoms with E-state index < -0.39 is 24.3 Å². The highest BCUT2D eigenvalue weighted by atomic mass is 19.4. The van der Waals surface area contributed by atoms with Crippen molar-refractivity contribution in [3.05, 3.63) is 10.4 Å². The number of rotatable bonds is 1. The molecule has 0 spiro atoms. The molecule has 14 heavy (non-hydrogen) atoms. The van der Waals surface area contributed by atoms with Crippen molar-refractivity contribution in [2.24, 2.45) is 5.11 Å². The molecule has 1 fully saturated rings. The molecule has 0 aromatic carbocycles. The second-order valence-corrected chi connectivity index (χ2v) is 2.80. The first-order chi connectivity index (χ1) is 6.41. The molecule has 0 N–H and O–H groups in total. The van der Waals surface area contributed by atoms with Crippen molar-refractivity contribution < 1.29 is 22.7 Å². The number of carbonyl (C=O) groups excluding carboxylic acids is 1. The van der Waals surface area contributed by atoms with Crippen LogP contribution in [0, 0.1) is 0 Å². The van der Waals surface area contributed by atoms with Crippen LogP contribution in [0.15, 0.2) is 5.11 Å². The minimum Gasteiger partial charge on any atom is -0.443 e. The third-order valence-corrected chi connectivity index (χ3v) is 1.83. The number of alkyl halides is 3. The van der Waals surface area contributed by atoms with Gasteiger partial charge in [-0.15, -0.1) is 0 Å². The van der Waals surface area contributed by atoms with Crippen LogP contribution in [0.4, 0.5) is 13.2 Å². The van der Waals surface area contributed by atoms with Gasteiger partial charge >= 0.3 is 12.1 Å². The van der Waals surface area contributed by atoms with Crippen LogP contribution in [0.3, 0.4) is 0 Å². The van der Waals surface area contributed by atoms with E-state index in [4.69, 9.17) is 5.53 Å².